The first-order chi connectivity index (χ1) is 8.21. The van der Waals surface area contributed by atoms with Gasteiger partial charge in [0, 0.05) is 6.04 Å². The molecule has 0 spiro atoms. The fourth-order valence-corrected chi connectivity index (χ4v) is 3.46. The van der Waals surface area contributed by atoms with E-state index in [1.54, 1.807) is 31.2 Å². The quantitative estimate of drug-likeness (QED) is 0.872. The molecule has 0 saturated carbocycles. The van der Waals surface area contributed by atoms with Crippen LogP contribution < -0.4 is 10.0 Å². The summed E-state index contributed by atoms with van der Waals surface area (Å²) in [5.74, 6) is -0.421. The molecule has 2 rings (SSSR count). The van der Waals surface area contributed by atoms with Crippen LogP contribution in [0.5, 0.6) is 0 Å². The third kappa shape index (κ3) is 1.49. The lowest BCUT2D eigenvalue weighted by molar-refractivity contribution is -0.120. The van der Waals surface area contributed by atoms with Gasteiger partial charge in [0.15, 0.2) is 4.75 Å². The first-order valence-electron chi connectivity index (χ1n) is 5.65. The van der Waals surface area contributed by atoms with Gasteiger partial charge in [0.1, 0.15) is 0 Å². The minimum Gasteiger partial charge on any atom is -0.324 e. The van der Waals surface area contributed by atoms with Gasteiger partial charge >= 0.3 is 0 Å². The van der Waals surface area contributed by atoms with E-state index in [1.807, 2.05) is 0 Å². The highest BCUT2D eigenvalue weighted by atomic mass is 32.2. The first-order valence-corrected chi connectivity index (χ1v) is 7.09. The van der Waals surface area contributed by atoms with E-state index in [9.17, 15) is 13.2 Å². The van der Waals surface area contributed by atoms with E-state index in [2.05, 4.69) is 0 Å². The molecule has 1 unspecified atom stereocenters. The molecule has 1 saturated heterocycles. The van der Waals surface area contributed by atoms with Gasteiger partial charge in [-0.25, -0.2) is 12.7 Å². The van der Waals surface area contributed by atoms with Gasteiger partial charge in [0.25, 0.3) is 15.9 Å². The second kappa shape index (κ2) is 3.80. The summed E-state index contributed by atoms with van der Waals surface area (Å²) in [5, 5.41) is 0. The van der Waals surface area contributed by atoms with Crippen molar-refractivity contribution >= 4 is 21.6 Å². The summed E-state index contributed by atoms with van der Waals surface area (Å²) in [6, 6.07) is 6.45. The predicted molar refractivity (Wildman–Crippen MR) is 69.5 cm³/mol. The average molecular weight is 268 g/mol. The van der Waals surface area contributed by atoms with Crippen LogP contribution in [0.3, 0.4) is 0 Å². The van der Waals surface area contributed by atoms with Crippen LogP contribution in [0.15, 0.2) is 24.3 Å². The Bertz CT molecular complexity index is 606. The van der Waals surface area contributed by atoms with Crippen molar-refractivity contribution < 1.29 is 13.2 Å². The molecule has 0 aromatic heterocycles. The SMILES string of the molecule is CC(N)c1ccccc1N1C(=O)C(C)(C)S1(=O)=O. The molecule has 1 atom stereocenters. The summed E-state index contributed by atoms with van der Waals surface area (Å²) in [6.45, 7) is 4.58. The number of benzene rings is 1. The zero-order chi connectivity index (χ0) is 13.7. The molecule has 5 nitrogen and oxygen atoms in total. The number of hydrogen-bond acceptors (Lipinski definition) is 4. The van der Waals surface area contributed by atoms with E-state index >= 15 is 0 Å². The van der Waals surface area contributed by atoms with Gasteiger partial charge in [0.2, 0.25) is 0 Å². The molecular formula is C12H16N2O3S. The second-order valence-electron chi connectivity index (χ2n) is 4.93. The van der Waals surface area contributed by atoms with Gasteiger partial charge < -0.3 is 5.73 Å². The molecule has 1 aliphatic heterocycles. The summed E-state index contributed by atoms with van der Waals surface area (Å²) in [6.07, 6.45) is 0. The van der Waals surface area contributed by atoms with Gasteiger partial charge in [-0.2, -0.15) is 0 Å². The average Bonchev–Trinajstić information content (AvgIpc) is 2.29. The molecule has 0 aliphatic carbocycles. The normalized spacial score (nSPS) is 22.4. The first kappa shape index (κ1) is 13.0. The van der Waals surface area contributed by atoms with Crippen molar-refractivity contribution in [2.24, 2.45) is 5.73 Å². The second-order valence-corrected chi connectivity index (χ2v) is 7.27. The predicted octanol–water partition coefficient (Wildman–Crippen LogP) is 1.16. The minimum absolute atomic E-state index is 0.340. The van der Waals surface area contributed by atoms with E-state index in [-0.39, 0.29) is 6.04 Å². The lowest BCUT2D eigenvalue weighted by atomic mass is 10.1. The molecule has 1 fully saturated rings. The van der Waals surface area contributed by atoms with Crippen LogP contribution in [0.4, 0.5) is 5.69 Å². The Kier molecular flexibility index (Phi) is 2.75. The van der Waals surface area contributed by atoms with Crippen LogP contribution in [0.25, 0.3) is 0 Å². The van der Waals surface area contributed by atoms with Crippen molar-refractivity contribution in [3.63, 3.8) is 0 Å². The molecule has 1 heterocycles. The smallest absolute Gasteiger partial charge is 0.263 e. The topological polar surface area (TPSA) is 80.5 Å². The van der Waals surface area contributed by atoms with Crippen molar-refractivity contribution in [1.82, 2.24) is 0 Å². The number of sulfonamides is 1. The van der Waals surface area contributed by atoms with Crippen LogP contribution in [-0.2, 0) is 14.8 Å². The van der Waals surface area contributed by atoms with E-state index < -0.39 is 20.7 Å². The number of rotatable bonds is 2. The largest absolute Gasteiger partial charge is 0.324 e. The summed E-state index contributed by atoms with van der Waals surface area (Å²) < 4.78 is 23.7. The molecule has 0 radical (unpaired) electrons. The molecule has 2 N–H and O–H groups in total. The monoisotopic (exact) mass is 268 g/mol. The highest BCUT2D eigenvalue weighted by Gasteiger charge is 2.61. The Hall–Kier alpha value is -1.40. The van der Waals surface area contributed by atoms with Crippen molar-refractivity contribution in [3.8, 4) is 0 Å². The van der Waals surface area contributed by atoms with Gasteiger partial charge in [-0.15, -0.1) is 0 Å². The maximum atomic E-state index is 12.1. The van der Waals surface area contributed by atoms with Crippen LogP contribution in [0.1, 0.15) is 32.4 Å². The molecule has 1 aromatic carbocycles. The number of anilines is 1. The van der Waals surface area contributed by atoms with Crippen LogP contribution >= 0.6 is 0 Å². The molecular weight excluding hydrogens is 252 g/mol. The zero-order valence-electron chi connectivity index (χ0n) is 10.5. The maximum absolute atomic E-state index is 12.1. The highest BCUT2D eigenvalue weighted by molar-refractivity contribution is 7.98. The lowest BCUT2D eigenvalue weighted by Gasteiger charge is -2.43. The number of carbonyl (C=O) groups is 1. The van der Waals surface area contributed by atoms with Crippen molar-refractivity contribution in [2.75, 3.05) is 4.31 Å². The summed E-state index contributed by atoms with van der Waals surface area (Å²) in [5.41, 5.74) is 6.80. The number of amides is 1. The Morgan fingerprint density at radius 1 is 1.28 bits per heavy atom. The summed E-state index contributed by atoms with van der Waals surface area (Å²) in [4.78, 5) is 12.0. The summed E-state index contributed by atoms with van der Waals surface area (Å²) >= 11 is 0. The summed E-state index contributed by atoms with van der Waals surface area (Å²) in [7, 11) is -3.63. The number of nitrogens with two attached hydrogens (primary N) is 1. The van der Waals surface area contributed by atoms with Crippen molar-refractivity contribution in [1.29, 1.82) is 0 Å². The van der Waals surface area contributed by atoms with Crippen molar-refractivity contribution in [3.05, 3.63) is 29.8 Å². The molecule has 1 amide bonds. The van der Waals surface area contributed by atoms with Gasteiger partial charge in [-0.3, -0.25) is 4.79 Å². The van der Waals surface area contributed by atoms with Gasteiger partial charge in [0.05, 0.1) is 5.69 Å². The van der Waals surface area contributed by atoms with Gasteiger partial charge in [-0.05, 0) is 32.4 Å². The van der Waals surface area contributed by atoms with E-state index in [0.29, 0.717) is 11.3 Å². The number of nitrogens with zero attached hydrogens (tertiary/aromatic N) is 1. The number of hydrogen-bond donors (Lipinski definition) is 1. The van der Waals surface area contributed by atoms with Crippen LogP contribution in [0, 0.1) is 0 Å². The van der Waals surface area contributed by atoms with Crippen molar-refractivity contribution in [2.45, 2.75) is 31.6 Å². The van der Waals surface area contributed by atoms with Gasteiger partial charge in [-0.1, -0.05) is 18.2 Å². The Labute approximate surface area is 107 Å². The van der Waals surface area contributed by atoms with E-state index in [4.69, 9.17) is 5.73 Å². The fourth-order valence-electron chi connectivity index (χ4n) is 1.95. The van der Waals surface area contributed by atoms with E-state index in [0.717, 1.165) is 4.31 Å². The van der Waals surface area contributed by atoms with Crippen LogP contribution in [0.2, 0.25) is 0 Å². The Morgan fingerprint density at radius 2 is 1.83 bits per heavy atom. The zero-order valence-corrected chi connectivity index (χ0v) is 11.4. The highest BCUT2D eigenvalue weighted by Crippen LogP contribution is 2.41. The van der Waals surface area contributed by atoms with Crippen LogP contribution in [-0.4, -0.2) is 19.1 Å². The Morgan fingerprint density at radius 3 is 2.33 bits per heavy atom. The molecule has 1 aliphatic rings. The minimum atomic E-state index is -3.63. The molecule has 1 aromatic rings. The molecule has 0 bridgehead atoms. The standard InChI is InChI=1S/C12H16N2O3S/c1-8(13)9-6-4-5-7-10(9)14-11(15)12(2,3)18(14,16)17/h4-8H,13H2,1-3H3. The fraction of sp³-hybridized carbons (Fsp3) is 0.417. The third-order valence-corrected chi connectivity index (χ3v) is 5.54. The third-order valence-electron chi connectivity index (χ3n) is 3.23. The lowest BCUT2D eigenvalue weighted by Crippen LogP contribution is -2.67. The molecule has 18 heavy (non-hydrogen) atoms. The Balaban J connectivity index is 2.57. The number of para-hydroxylation sites is 1. The maximum Gasteiger partial charge on any atom is 0.263 e. The molecule has 98 valence electrons. The number of carbonyl (C=O) groups excluding carboxylic acids is 1. The van der Waals surface area contributed by atoms with E-state index in [1.165, 1.54) is 13.8 Å². The molecule has 6 heteroatoms.